The third kappa shape index (κ3) is 17.5. The van der Waals surface area contributed by atoms with Gasteiger partial charge in [-0.25, -0.2) is 0 Å². The third-order valence-electron chi connectivity index (χ3n) is 8.40. The molecule has 3 rings (SSSR count). The Morgan fingerprint density at radius 2 is 1.02 bits per heavy atom. The van der Waals surface area contributed by atoms with Crippen molar-refractivity contribution in [1.82, 2.24) is 4.90 Å². The largest absolute Gasteiger partial charge is 0.673 e. The summed E-state index contributed by atoms with van der Waals surface area (Å²) in [6.07, 6.45) is 2.56. The number of phenolic OH excluding ortho intramolecular Hbond substituents is 2. The van der Waals surface area contributed by atoms with E-state index < -0.39 is 0 Å². The first-order valence-electron chi connectivity index (χ1n) is 18.1. The van der Waals surface area contributed by atoms with Gasteiger partial charge in [-0.15, -0.1) is 0 Å². The number of nitrogens with zero attached hydrogens (tertiary/aromatic N) is 2. The van der Waals surface area contributed by atoms with E-state index in [1.54, 1.807) is 7.11 Å². The molecular weight excluding hydrogens is 730 g/mol. The summed E-state index contributed by atoms with van der Waals surface area (Å²) in [7, 11) is 1.18. The Morgan fingerprint density at radius 3 is 1.24 bits per heavy atom. The SMILES string of the molecule is C1CCOC1.COCCN(Cc1cc(C(C)(C)C)cc(C(C)(C)C)c1O)Cc1cc(C(C)(C)C)cc(C(C)(C)C)c1O.C[Si](C)[N-][Si](C)C.[Y]. The van der Waals surface area contributed by atoms with Gasteiger partial charge in [0.1, 0.15) is 11.5 Å². The van der Waals surface area contributed by atoms with E-state index in [4.69, 9.17) is 9.47 Å². The van der Waals surface area contributed by atoms with Crippen LogP contribution in [0, 0.1) is 0 Å². The van der Waals surface area contributed by atoms with E-state index in [-0.39, 0.29) is 72.3 Å². The van der Waals surface area contributed by atoms with Crippen LogP contribution in [-0.4, -0.2) is 66.5 Å². The number of ether oxygens (including phenoxy) is 2. The van der Waals surface area contributed by atoms with E-state index in [2.05, 4.69) is 143 Å². The van der Waals surface area contributed by atoms with Crippen molar-refractivity contribution in [3.8, 4) is 11.5 Å². The molecular formula is C41H73N2O4Si2Y-. The molecule has 283 valence electrons. The molecule has 2 N–H and O–H groups in total. The summed E-state index contributed by atoms with van der Waals surface area (Å²) in [6, 6.07) is 8.62. The minimum absolute atomic E-state index is 0. The van der Waals surface area contributed by atoms with Gasteiger partial charge in [-0.3, -0.25) is 4.90 Å². The van der Waals surface area contributed by atoms with Gasteiger partial charge >= 0.3 is 0 Å². The first-order valence-corrected chi connectivity index (χ1v) is 23.0. The average Bonchev–Trinajstić information content (AvgIpc) is 3.51. The van der Waals surface area contributed by atoms with Crippen LogP contribution in [0.1, 0.15) is 129 Å². The number of hydrogen-bond donors (Lipinski definition) is 2. The molecule has 0 atom stereocenters. The molecule has 1 saturated heterocycles. The number of hydrogen-bond acceptors (Lipinski definition) is 5. The van der Waals surface area contributed by atoms with E-state index in [1.807, 2.05) is 0 Å². The molecule has 1 fully saturated rings. The fraction of sp³-hybridized carbons (Fsp3) is 0.707. The van der Waals surface area contributed by atoms with Crippen molar-refractivity contribution >= 4 is 17.9 Å². The molecule has 0 unspecified atom stereocenters. The minimum atomic E-state index is -0.264. The molecule has 1 heterocycles. The van der Waals surface area contributed by atoms with Crippen LogP contribution in [-0.2, 0) is 76.9 Å². The maximum absolute atomic E-state index is 11.4. The third-order valence-corrected chi connectivity index (χ3v) is 12.0. The van der Waals surface area contributed by atoms with Crippen molar-refractivity contribution in [2.75, 3.05) is 33.5 Å². The zero-order chi connectivity index (χ0) is 38.0. The second-order valence-corrected chi connectivity index (χ2v) is 22.8. The van der Waals surface area contributed by atoms with Crippen LogP contribution < -0.4 is 0 Å². The van der Waals surface area contributed by atoms with Gasteiger partial charge in [-0.1, -0.05) is 151 Å². The number of phenols is 2. The van der Waals surface area contributed by atoms with Crippen LogP contribution >= 0.6 is 0 Å². The fourth-order valence-corrected chi connectivity index (χ4v) is 9.09. The molecule has 0 bridgehead atoms. The van der Waals surface area contributed by atoms with Gasteiger partial charge in [0.05, 0.1) is 6.61 Å². The van der Waals surface area contributed by atoms with Crippen molar-refractivity contribution in [3.63, 3.8) is 0 Å². The van der Waals surface area contributed by atoms with E-state index >= 15 is 0 Å². The number of rotatable bonds is 9. The molecule has 0 saturated carbocycles. The van der Waals surface area contributed by atoms with Gasteiger partial charge in [0.25, 0.3) is 0 Å². The van der Waals surface area contributed by atoms with Crippen molar-refractivity contribution in [3.05, 3.63) is 62.3 Å². The molecule has 2 aromatic rings. The standard InChI is InChI=1S/C33H53NO3.C4H12NSi2.C4H8O.Y/c1-30(2,3)24-16-22(28(35)26(18-24)32(7,8)9)20-34(14-15-37-13)21-23-17-25(31(4,5)6)19-27(29(23)36)33(10,11)12;1-6(2)5-7(3)4;1-2-4-5-3-1;/h16-19,35-36H,14-15,20-21H2,1-13H3;1-4H3;1-4H2;/q;-1;;. The zero-order valence-electron chi connectivity index (χ0n) is 35.1. The second-order valence-electron chi connectivity index (χ2n) is 18.1. The topological polar surface area (TPSA) is 76.3 Å². The quantitative estimate of drug-likeness (QED) is 0.247. The van der Waals surface area contributed by atoms with Gasteiger partial charge in [0.15, 0.2) is 0 Å². The number of aromatic hydroxyl groups is 2. The smallest absolute Gasteiger partial charge is 0.123 e. The molecule has 0 aliphatic carbocycles. The molecule has 2 aromatic carbocycles. The van der Waals surface area contributed by atoms with Crippen LogP contribution in [0.2, 0.25) is 26.2 Å². The molecule has 50 heavy (non-hydrogen) atoms. The Kier molecular flexibility index (Phi) is 21.1. The van der Waals surface area contributed by atoms with E-state index in [1.165, 1.54) is 24.0 Å². The first kappa shape index (κ1) is 49.4. The van der Waals surface area contributed by atoms with Crippen LogP contribution in [0.5, 0.6) is 11.5 Å². The summed E-state index contributed by atoms with van der Waals surface area (Å²) in [4.78, 5) is 2.27. The molecule has 0 aromatic heterocycles. The van der Waals surface area contributed by atoms with E-state index in [0.29, 0.717) is 37.7 Å². The Bertz CT molecular complexity index is 1190. The monoisotopic (exact) mass is 802 g/mol. The Hall–Kier alpha value is -0.582. The summed E-state index contributed by atoms with van der Waals surface area (Å²) in [6.45, 7) is 39.4. The Labute approximate surface area is 337 Å². The predicted molar refractivity (Wildman–Crippen MR) is 215 cm³/mol. The first-order chi connectivity index (χ1) is 22.3. The summed E-state index contributed by atoms with van der Waals surface area (Å²) in [5.74, 6) is 0.733. The zero-order valence-corrected chi connectivity index (χ0v) is 40.0. The molecule has 0 amide bonds. The molecule has 6 nitrogen and oxygen atoms in total. The van der Waals surface area contributed by atoms with Crippen molar-refractivity contribution in [2.24, 2.45) is 0 Å². The van der Waals surface area contributed by atoms with Crippen LogP contribution in [0.3, 0.4) is 0 Å². The van der Waals surface area contributed by atoms with Crippen LogP contribution in [0.15, 0.2) is 24.3 Å². The molecule has 3 radical (unpaired) electrons. The average molecular weight is 803 g/mol. The number of methoxy groups -OCH3 is 1. The van der Waals surface area contributed by atoms with Gasteiger partial charge in [-0.2, -0.15) is 0 Å². The van der Waals surface area contributed by atoms with Gasteiger partial charge in [0, 0.05) is 83.8 Å². The normalized spacial score (nSPS) is 13.9. The summed E-state index contributed by atoms with van der Waals surface area (Å²) >= 11 is 0. The van der Waals surface area contributed by atoms with Crippen molar-refractivity contribution < 1.29 is 52.4 Å². The van der Waals surface area contributed by atoms with Crippen molar-refractivity contribution in [2.45, 2.75) is 157 Å². The predicted octanol–water partition coefficient (Wildman–Crippen LogP) is 10.6. The maximum Gasteiger partial charge on any atom is 0.123 e. The summed E-state index contributed by atoms with van der Waals surface area (Å²) in [5.41, 5.74) is 5.74. The summed E-state index contributed by atoms with van der Waals surface area (Å²) < 4.78 is 14.9. The number of benzene rings is 2. The maximum atomic E-state index is 11.4. The fourth-order valence-electron chi connectivity index (χ4n) is 5.51. The molecule has 1 aliphatic rings. The van der Waals surface area contributed by atoms with Crippen LogP contribution in [0.4, 0.5) is 0 Å². The second kappa shape index (κ2) is 21.3. The Balaban J connectivity index is 0.00000156. The Morgan fingerprint density at radius 1 is 0.660 bits per heavy atom. The molecule has 9 heteroatoms. The van der Waals surface area contributed by atoms with E-state index in [0.717, 1.165) is 35.5 Å². The van der Waals surface area contributed by atoms with Crippen molar-refractivity contribution in [1.29, 1.82) is 0 Å². The van der Waals surface area contributed by atoms with Gasteiger partial charge in [0.2, 0.25) is 0 Å². The molecule has 1 aliphatic heterocycles. The van der Waals surface area contributed by atoms with E-state index in [9.17, 15) is 10.2 Å². The van der Waals surface area contributed by atoms with Gasteiger partial charge in [-0.05, 0) is 56.8 Å². The van der Waals surface area contributed by atoms with Crippen LogP contribution in [0.25, 0.3) is 4.65 Å². The van der Waals surface area contributed by atoms with Gasteiger partial charge < -0.3 is 24.3 Å². The molecule has 0 spiro atoms. The summed E-state index contributed by atoms with van der Waals surface area (Å²) in [5, 5.41) is 22.8. The minimum Gasteiger partial charge on any atom is -0.673 e.